The van der Waals surface area contributed by atoms with E-state index in [1.165, 1.54) is 6.92 Å². The van der Waals surface area contributed by atoms with Crippen molar-refractivity contribution in [1.82, 2.24) is 5.32 Å². The van der Waals surface area contributed by atoms with E-state index in [-0.39, 0.29) is 30.0 Å². The van der Waals surface area contributed by atoms with Gasteiger partial charge in [0.2, 0.25) is 5.91 Å². The molecule has 0 saturated carbocycles. The van der Waals surface area contributed by atoms with Gasteiger partial charge < -0.3 is 15.1 Å². The van der Waals surface area contributed by atoms with Crippen LogP contribution in [0.5, 0.6) is 0 Å². The second-order valence-corrected chi connectivity index (χ2v) is 6.98. The summed E-state index contributed by atoms with van der Waals surface area (Å²) in [5.74, 6) is -0.295. The standard InChI is InChI=1S/C20H19BrN2O3/c1-12(14-7-9-15(21)10-8-14)22-11-18(25)23-19-16-5-3-4-6-17(16)26-20(19)13(2)24/h3-10,12,22H,11H2,1-2H3,(H,23,25). The minimum atomic E-state index is -0.233. The molecule has 3 rings (SSSR count). The Balaban J connectivity index is 1.70. The Morgan fingerprint density at radius 2 is 1.81 bits per heavy atom. The van der Waals surface area contributed by atoms with Crippen LogP contribution in [0.4, 0.5) is 5.69 Å². The molecule has 134 valence electrons. The molecule has 26 heavy (non-hydrogen) atoms. The van der Waals surface area contributed by atoms with Crippen molar-refractivity contribution in [2.24, 2.45) is 0 Å². The highest BCUT2D eigenvalue weighted by Crippen LogP contribution is 2.31. The SMILES string of the molecule is CC(=O)c1oc2ccccc2c1NC(=O)CNC(C)c1ccc(Br)cc1. The summed E-state index contributed by atoms with van der Waals surface area (Å²) >= 11 is 3.41. The fourth-order valence-electron chi connectivity index (χ4n) is 2.72. The van der Waals surface area contributed by atoms with Crippen LogP contribution in [-0.2, 0) is 4.79 Å². The molecule has 3 aromatic rings. The van der Waals surface area contributed by atoms with E-state index in [4.69, 9.17) is 4.42 Å². The van der Waals surface area contributed by atoms with E-state index in [0.29, 0.717) is 16.7 Å². The molecule has 1 atom stereocenters. The van der Waals surface area contributed by atoms with Crippen molar-refractivity contribution in [3.8, 4) is 0 Å². The summed E-state index contributed by atoms with van der Waals surface area (Å²) in [4.78, 5) is 24.2. The summed E-state index contributed by atoms with van der Waals surface area (Å²) in [7, 11) is 0. The maximum absolute atomic E-state index is 12.4. The molecule has 0 spiro atoms. The first-order chi connectivity index (χ1) is 12.5. The molecule has 1 unspecified atom stereocenters. The largest absolute Gasteiger partial charge is 0.451 e. The average Bonchev–Trinajstić information content (AvgIpc) is 2.99. The Bertz CT molecular complexity index is 947. The van der Waals surface area contributed by atoms with Gasteiger partial charge in [-0.05, 0) is 36.8 Å². The molecule has 1 aromatic heterocycles. The molecule has 1 amide bonds. The zero-order valence-corrected chi connectivity index (χ0v) is 16.1. The van der Waals surface area contributed by atoms with Crippen molar-refractivity contribution in [3.63, 3.8) is 0 Å². The van der Waals surface area contributed by atoms with Gasteiger partial charge >= 0.3 is 0 Å². The summed E-state index contributed by atoms with van der Waals surface area (Å²) in [6.45, 7) is 3.53. The van der Waals surface area contributed by atoms with E-state index in [9.17, 15) is 9.59 Å². The number of hydrogen-bond acceptors (Lipinski definition) is 4. The normalized spacial score (nSPS) is 12.1. The summed E-state index contributed by atoms with van der Waals surface area (Å²) < 4.78 is 6.59. The van der Waals surface area contributed by atoms with Crippen LogP contribution in [0.15, 0.2) is 57.4 Å². The summed E-state index contributed by atoms with van der Waals surface area (Å²) in [5.41, 5.74) is 2.08. The number of carbonyl (C=O) groups excluding carboxylic acids is 2. The first-order valence-electron chi connectivity index (χ1n) is 8.27. The minimum Gasteiger partial charge on any atom is -0.451 e. The van der Waals surface area contributed by atoms with E-state index < -0.39 is 0 Å². The number of anilines is 1. The minimum absolute atomic E-state index is 0.0159. The number of Topliss-reactive ketones (excluding diaryl/α,β-unsaturated/α-hetero) is 1. The van der Waals surface area contributed by atoms with Crippen LogP contribution < -0.4 is 10.6 Å². The molecule has 0 radical (unpaired) electrons. The highest BCUT2D eigenvalue weighted by atomic mass is 79.9. The van der Waals surface area contributed by atoms with Gasteiger partial charge in [-0.15, -0.1) is 0 Å². The molecule has 0 bridgehead atoms. The van der Waals surface area contributed by atoms with E-state index in [1.807, 2.05) is 49.4 Å². The van der Waals surface area contributed by atoms with Gasteiger partial charge in [0.15, 0.2) is 11.5 Å². The van der Waals surface area contributed by atoms with Gasteiger partial charge in [0.1, 0.15) is 5.58 Å². The topological polar surface area (TPSA) is 71.3 Å². The lowest BCUT2D eigenvalue weighted by atomic mass is 10.1. The maximum Gasteiger partial charge on any atom is 0.238 e. The number of benzene rings is 2. The van der Waals surface area contributed by atoms with Crippen LogP contribution in [-0.4, -0.2) is 18.2 Å². The first-order valence-corrected chi connectivity index (χ1v) is 9.06. The molecule has 5 nitrogen and oxygen atoms in total. The third kappa shape index (κ3) is 4.03. The predicted molar refractivity (Wildman–Crippen MR) is 105 cm³/mol. The maximum atomic E-state index is 12.4. The quantitative estimate of drug-likeness (QED) is 0.574. The molecule has 0 aliphatic rings. The highest BCUT2D eigenvalue weighted by molar-refractivity contribution is 9.10. The lowest BCUT2D eigenvalue weighted by Crippen LogP contribution is -2.30. The van der Waals surface area contributed by atoms with Crippen molar-refractivity contribution >= 4 is 44.3 Å². The Morgan fingerprint density at radius 3 is 2.50 bits per heavy atom. The van der Waals surface area contributed by atoms with Crippen LogP contribution in [0.3, 0.4) is 0 Å². The van der Waals surface area contributed by atoms with Crippen LogP contribution >= 0.6 is 15.9 Å². The smallest absolute Gasteiger partial charge is 0.238 e. The molecule has 0 aliphatic heterocycles. The summed E-state index contributed by atoms with van der Waals surface area (Å²) in [5, 5.41) is 6.71. The molecule has 0 saturated heterocycles. The second-order valence-electron chi connectivity index (χ2n) is 6.06. The fraction of sp³-hybridized carbons (Fsp3) is 0.200. The monoisotopic (exact) mass is 414 g/mol. The van der Waals surface area contributed by atoms with Gasteiger partial charge in [0, 0.05) is 22.8 Å². The predicted octanol–water partition coefficient (Wildman–Crippen LogP) is 4.69. The number of fused-ring (bicyclic) bond motifs is 1. The van der Waals surface area contributed by atoms with Crippen LogP contribution in [0.1, 0.15) is 36.0 Å². The van der Waals surface area contributed by atoms with Crippen LogP contribution in [0.2, 0.25) is 0 Å². The molecule has 2 N–H and O–H groups in total. The van der Waals surface area contributed by atoms with Gasteiger partial charge in [0.25, 0.3) is 0 Å². The Hall–Kier alpha value is -2.44. The third-order valence-electron chi connectivity index (χ3n) is 4.12. The van der Waals surface area contributed by atoms with Gasteiger partial charge in [-0.3, -0.25) is 9.59 Å². The van der Waals surface area contributed by atoms with Crippen LogP contribution in [0, 0.1) is 0 Å². The van der Waals surface area contributed by atoms with Gasteiger partial charge in [-0.25, -0.2) is 0 Å². The molecule has 0 fully saturated rings. The lowest BCUT2D eigenvalue weighted by Gasteiger charge is -2.14. The average molecular weight is 415 g/mol. The van der Waals surface area contributed by atoms with E-state index in [1.54, 1.807) is 6.07 Å². The number of para-hydroxylation sites is 1. The van der Waals surface area contributed by atoms with Crippen molar-refractivity contribution in [2.45, 2.75) is 19.9 Å². The van der Waals surface area contributed by atoms with Gasteiger partial charge in [-0.2, -0.15) is 0 Å². The zero-order chi connectivity index (χ0) is 18.7. The first kappa shape index (κ1) is 18.4. The van der Waals surface area contributed by atoms with Crippen LogP contribution in [0.25, 0.3) is 11.0 Å². The van der Waals surface area contributed by atoms with Gasteiger partial charge in [0.05, 0.1) is 12.2 Å². The molecule has 2 aromatic carbocycles. The number of halogens is 1. The van der Waals surface area contributed by atoms with E-state index in [2.05, 4.69) is 26.6 Å². The molecule has 1 heterocycles. The lowest BCUT2D eigenvalue weighted by molar-refractivity contribution is -0.115. The Morgan fingerprint density at radius 1 is 1.12 bits per heavy atom. The number of furan rings is 1. The van der Waals surface area contributed by atoms with Crippen molar-refractivity contribution < 1.29 is 14.0 Å². The summed E-state index contributed by atoms with van der Waals surface area (Å²) in [6.07, 6.45) is 0. The van der Waals surface area contributed by atoms with Crippen molar-refractivity contribution in [2.75, 3.05) is 11.9 Å². The second kappa shape index (κ2) is 7.85. The zero-order valence-electron chi connectivity index (χ0n) is 14.5. The number of ketones is 1. The number of amides is 1. The Kier molecular flexibility index (Phi) is 5.54. The molecular formula is C20H19BrN2O3. The van der Waals surface area contributed by atoms with E-state index in [0.717, 1.165) is 10.0 Å². The van der Waals surface area contributed by atoms with Gasteiger partial charge in [-0.1, -0.05) is 40.2 Å². The molecule has 0 aliphatic carbocycles. The number of rotatable bonds is 6. The Labute approximate surface area is 159 Å². The fourth-order valence-corrected chi connectivity index (χ4v) is 2.98. The van der Waals surface area contributed by atoms with E-state index >= 15 is 0 Å². The van der Waals surface area contributed by atoms with Crippen molar-refractivity contribution in [3.05, 3.63) is 64.3 Å². The number of nitrogens with one attached hydrogen (secondary N) is 2. The van der Waals surface area contributed by atoms with Crippen molar-refractivity contribution in [1.29, 1.82) is 0 Å². The molecular weight excluding hydrogens is 396 g/mol. The molecule has 6 heteroatoms. The number of hydrogen-bond donors (Lipinski definition) is 2. The summed E-state index contributed by atoms with van der Waals surface area (Å²) in [6, 6.07) is 15.2. The highest BCUT2D eigenvalue weighted by Gasteiger charge is 2.19. The third-order valence-corrected chi connectivity index (χ3v) is 4.65. The number of carbonyl (C=O) groups is 2.